The van der Waals surface area contributed by atoms with Gasteiger partial charge in [0.25, 0.3) is 0 Å². The molecule has 1 aliphatic heterocycles. The summed E-state index contributed by atoms with van der Waals surface area (Å²) in [6.07, 6.45) is 5.91. The molecule has 2 aliphatic rings. The normalized spacial score (nSPS) is 25.2. The van der Waals surface area contributed by atoms with Gasteiger partial charge in [-0.1, -0.05) is 32.8 Å². The zero-order chi connectivity index (χ0) is 22.9. The maximum Gasteiger partial charge on any atom is 0.161 e. The molecule has 1 unspecified atom stereocenters. The number of rotatable bonds is 12. The molecule has 2 fully saturated rings. The lowest BCUT2D eigenvalue weighted by Gasteiger charge is -2.37. The van der Waals surface area contributed by atoms with Gasteiger partial charge in [0.15, 0.2) is 11.5 Å². The van der Waals surface area contributed by atoms with Gasteiger partial charge in [-0.25, -0.2) is 0 Å². The number of β-amino-alcohol motifs (C(OH)–C–C–N with tert-alkyl or cyclic N) is 1. The van der Waals surface area contributed by atoms with E-state index < -0.39 is 6.10 Å². The fraction of sp³-hybridized carbons (Fsp3) is 0.760. The fourth-order valence-electron chi connectivity index (χ4n) is 4.69. The van der Waals surface area contributed by atoms with E-state index in [1.54, 1.807) is 7.11 Å². The lowest BCUT2D eigenvalue weighted by Crippen LogP contribution is -2.46. The Hall–Kier alpha value is -1.38. The van der Waals surface area contributed by atoms with Crippen LogP contribution in [0, 0.1) is 0 Å². The Morgan fingerprint density at radius 1 is 1.16 bits per heavy atom. The highest BCUT2D eigenvalue weighted by Gasteiger charge is 2.34. The van der Waals surface area contributed by atoms with Gasteiger partial charge in [0.2, 0.25) is 0 Å². The van der Waals surface area contributed by atoms with Gasteiger partial charge in [0, 0.05) is 31.7 Å². The van der Waals surface area contributed by atoms with Gasteiger partial charge in [-0.3, -0.25) is 4.90 Å². The zero-order valence-electron chi connectivity index (χ0n) is 20.0. The fourth-order valence-corrected chi connectivity index (χ4v) is 4.69. The Labute approximate surface area is 193 Å². The number of nitrogens with zero attached hydrogens (tertiary/aromatic N) is 1. The molecule has 1 saturated heterocycles. The minimum atomic E-state index is -0.574. The molecule has 182 valence electrons. The molecule has 3 N–H and O–H groups in total. The monoisotopic (exact) mass is 450 g/mol. The van der Waals surface area contributed by atoms with E-state index in [2.05, 4.69) is 10.2 Å². The molecule has 0 bridgehead atoms. The number of aliphatic hydroxyl groups is 2. The van der Waals surface area contributed by atoms with E-state index in [0.717, 1.165) is 44.3 Å². The van der Waals surface area contributed by atoms with Gasteiger partial charge < -0.3 is 29.7 Å². The second-order valence-corrected chi connectivity index (χ2v) is 9.46. The third-order valence-electron chi connectivity index (χ3n) is 6.48. The summed E-state index contributed by atoms with van der Waals surface area (Å²) in [5, 5.41) is 23.2. The summed E-state index contributed by atoms with van der Waals surface area (Å²) in [4.78, 5) is 2.43. The van der Waals surface area contributed by atoms with Gasteiger partial charge in [0.1, 0.15) is 12.7 Å². The number of hydrogen-bond acceptors (Lipinski definition) is 7. The lowest BCUT2D eigenvalue weighted by molar-refractivity contribution is -0.0316. The van der Waals surface area contributed by atoms with E-state index in [-0.39, 0.29) is 18.8 Å². The van der Waals surface area contributed by atoms with E-state index >= 15 is 0 Å². The number of benzene rings is 1. The van der Waals surface area contributed by atoms with Crippen molar-refractivity contribution in [3.05, 3.63) is 23.8 Å². The van der Waals surface area contributed by atoms with Gasteiger partial charge in [-0.05, 0) is 43.4 Å². The first-order valence-corrected chi connectivity index (χ1v) is 12.2. The number of methoxy groups -OCH3 is 1. The maximum atomic E-state index is 10.1. The highest BCUT2D eigenvalue weighted by molar-refractivity contribution is 5.43. The average molecular weight is 451 g/mol. The molecule has 1 heterocycles. The predicted octanol–water partition coefficient (Wildman–Crippen LogP) is 2.37. The van der Waals surface area contributed by atoms with Crippen LogP contribution in [0.1, 0.15) is 51.5 Å². The Morgan fingerprint density at radius 3 is 2.69 bits per heavy atom. The summed E-state index contributed by atoms with van der Waals surface area (Å²) >= 11 is 0. The summed E-state index contributed by atoms with van der Waals surface area (Å²) in [6.45, 7) is 7.23. The van der Waals surface area contributed by atoms with Crippen molar-refractivity contribution in [2.45, 2.75) is 82.8 Å². The summed E-state index contributed by atoms with van der Waals surface area (Å²) in [6, 6.07) is 6.70. The zero-order valence-corrected chi connectivity index (χ0v) is 20.0. The van der Waals surface area contributed by atoms with Crippen molar-refractivity contribution in [1.29, 1.82) is 0 Å². The van der Waals surface area contributed by atoms with Gasteiger partial charge in [0.05, 0.1) is 25.9 Å². The summed E-state index contributed by atoms with van der Waals surface area (Å²) < 4.78 is 17.6. The first-order chi connectivity index (χ1) is 15.5. The van der Waals surface area contributed by atoms with Crippen molar-refractivity contribution in [2.75, 3.05) is 40.0 Å². The van der Waals surface area contributed by atoms with Crippen molar-refractivity contribution >= 4 is 0 Å². The Morgan fingerprint density at radius 2 is 1.97 bits per heavy atom. The third kappa shape index (κ3) is 7.59. The van der Waals surface area contributed by atoms with E-state index in [0.29, 0.717) is 36.7 Å². The molecule has 1 aromatic rings. The first kappa shape index (κ1) is 25.2. The smallest absolute Gasteiger partial charge is 0.161 e. The van der Waals surface area contributed by atoms with Gasteiger partial charge >= 0.3 is 0 Å². The maximum absolute atomic E-state index is 10.1. The van der Waals surface area contributed by atoms with Crippen LogP contribution < -0.4 is 14.8 Å². The van der Waals surface area contributed by atoms with E-state index in [9.17, 15) is 10.2 Å². The second kappa shape index (κ2) is 12.8. The molecular weight excluding hydrogens is 408 g/mol. The molecule has 32 heavy (non-hydrogen) atoms. The molecule has 0 aromatic heterocycles. The summed E-state index contributed by atoms with van der Waals surface area (Å²) in [5.74, 6) is 1.31. The Balaban J connectivity index is 1.47. The van der Waals surface area contributed by atoms with Crippen molar-refractivity contribution in [2.24, 2.45) is 0 Å². The van der Waals surface area contributed by atoms with Crippen LogP contribution in [0.2, 0.25) is 0 Å². The number of nitrogens with one attached hydrogen (secondary N) is 1. The molecule has 0 radical (unpaired) electrons. The number of hydrogen-bond donors (Lipinski definition) is 3. The second-order valence-electron chi connectivity index (χ2n) is 9.46. The van der Waals surface area contributed by atoms with Crippen LogP contribution >= 0.6 is 0 Å². The molecule has 7 heteroatoms. The van der Waals surface area contributed by atoms with Crippen LogP contribution in [0.25, 0.3) is 0 Å². The van der Waals surface area contributed by atoms with Crippen molar-refractivity contribution in [3.63, 3.8) is 0 Å². The number of likely N-dealkylation sites (tertiary alicyclic amines) is 1. The van der Waals surface area contributed by atoms with Crippen LogP contribution in [-0.4, -0.2) is 85.5 Å². The van der Waals surface area contributed by atoms with Crippen LogP contribution in [-0.2, 0) is 11.2 Å². The standard InChI is InChI=1S/C25H42N2O5/c1-18(2)26-15-21(29)17-32-24-9-8-19(14-25(24)30-3)11-13-31-23-7-5-4-6-22(23)27-12-10-20(28)16-27/h8-9,14,18,20-23,26,28-29H,4-7,10-13,15-17H2,1-3H3/t20?,21-,22+,23+/m1/s1. The van der Waals surface area contributed by atoms with E-state index in [1.165, 1.54) is 12.8 Å². The molecule has 1 aliphatic carbocycles. The number of aliphatic hydroxyl groups excluding tert-OH is 2. The molecule has 3 rings (SSSR count). The van der Waals surface area contributed by atoms with Crippen LogP contribution in [0.3, 0.4) is 0 Å². The average Bonchev–Trinajstić information content (AvgIpc) is 3.23. The SMILES string of the molecule is COc1cc(CCO[C@H]2CCCC[C@@H]2N2CCC(O)C2)ccc1OC[C@H](O)CNC(C)C. The molecule has 4 atom stereocenters. The Kier molecular flexibility index (Phi) is 10.1. The van der Waals surface area contributed by atoms with Crippen LogP contribution in [0.4, 0.5) is 0 Å². The third-order valence-corrected chi connectivity index (χ3v) is 6.48. The summed E-state index contributed by atoms with van der Waals surface area (Å²) in [7, 11) is 1.64. The Bertz CT molecular complexity index is 686. The van der Waals surface area contributed by atoms with Crippen molar-refractivity contribution in [1.82, 2.24) is 10.2 Å². The highest BCUT2D eigenvalue weighted by atomic mass is 16.5. The molecule has 0 amide bonds. The largest absolute Gasteiger partial charge is 0.493 e. The van der Waals surface area contributed by atoms with Crippen molar-refractivity contribution < 1.29 is 24.4 Å². The van der Waals surface area contributed by atoms with E-state index in [1.807, 2.05) is 32.0 Å². The quantitative estimate of drug-likeness (QED) is 0.451. The predicted molar refractivity (Wildman–Crippen MR) is 126 cm³/mol. The van der Waals surface area contributed by atoms with Gasteiger partial charge in [-0.2, -0.15) is 0 Å². The molecule has 1 aromatic carbocycles. The summed E-state index contributed by atoms with van der Waals surface area (Å²) in [5.41, 5.74) is 1.14. The van der Waals surface area contributed by atoms with Crippen LogP contribution in [0.15, 0.2) is 18.2 Å². The minimum Gasteiger partial charge on any atom is -0.493 e. The highest BCUT2D eigenvalue weighted by Crippen LogP contribution is 2.30. The van der Waals surface area contributed by atoms with Gasteiger partial charge in [-0.15, -0.1) is 0 Å². The molecular formula is C25H42N2O5. The van der Waals surface area contributed by atoms with Crippen molar-refractivity contribution in [3.8, 4) is 11.5 Å². The molecule has 7 nitrogen and oxygen atoms in total. The van der Waals surface area contributed by atoms with Crippen LogP contribution in [0.5, 0.6) is 11.5 Å². The topological polar surface area (TPSA) is 83.4 Å². The minimum absolute atomic E-state index is 0.182. The van der Waals surface area contributed by atoms with E-state index in [4.69, 9.17) is 14.2 Å². The number of ether oxygens (including phenoxy) is 3. The lowest BCUT2D eigenvalue weighted by atomic mass is 9.91. The molecule has 1 saturated carbocycles. The first-order valence-electron chi connectivity index (χ1n) is 12.2. The molecule has 0 spiro atoms.